The van der Waals surface area contributed by atoms with Gasteiger partial charge in [0.2, 0.25) is 0 Å². The molecule has 0 spiro atoms. The molecule has 1 saturated heterocycles. The van der Waals surface area contributed by atoms with Crippen molar-refractivity contribution in [1.82, 2.24) is 19.9 Å². The van der Waals surface area contributed by atoms with E-state index in [0.717, 1.165) is 36.5 Å². The Hall–Kier alpha value is -1.46. The lowest BCUT2D eigenvalue weighted by atomic mass is 10.1. The van der Waals surface area contributed by atoms with Crippen LogP contribution in [0, 0.1) is 0 Å². The van der Waals surface area contributed by atoms with E-state index in [9.17, 15) is 0 Å². The molecule has 1 aliphatic heterocycles. The SMILES string of the molecule is COCCc1nc2cccnc2n1CC1CCCCN1. The Morgan fingerprint density at radius 1 is 1.45 bits per heavy atom. The molecule has 1 unspecified atom stereocenters. The van der Waals surface area contributed by atoms with Crippen molar-refractivity contribution in [1.29, 1.82) is 0 Å². The zero-order valence-corrected chi connectivity index (χ0v) is 12.0. The number of imidazole rings is 1. The van der Waals surface area contributed by atoms with Crippen LogP contribution in [0.2, 0.25) is 0 Å². The van der Waals surface area contributed by atoms with E-state index in [4.69, 9.17) is 9.72 Å². The van der Waals surface area contributed by atoms with Crippen molar-refractivity contribution in [3.8, 4) is 0 Å². The van der Waals surface area contributed by atoms with Gasteiger partial charge in [-0.1, -0.05) is 6.42 Å². The zero-order chi connectivity index (χ0) is 13.8. The number of rotatable bonds is 5. The maximum Gasteiger partial charge on any atom is 0.160 e. The van der Waals surface area contributed by atoms with Gasteiger partial charge in [-0.05, 0) is 31.5 Å². The highest BCUT2D eigenvalue weighted by atomic mass is 16.5. The number of hydrogen-bond donors (Lipinski definition) is 1. The molecular weight excluding hydrogens is 252 g/mol. The first-order valence-electron chi connectivity index (χ1n) is 7.41. The summed E-state index contributed by atoms with van der Waals surface area (Å²) < 4.78 is 7.46. The van der Waals surface area contributed by atoms with Gasteiger partial charge in [0.05, 0.1) is 6.61 Å². The van der Waals surface area contributed by atoms with Crippen molar-refractivity contribution >= 4 is 11.2 Å². The second-order valence-corrected chi connectivity index (χ2v) is 5.37. The molecule has 0 saturated carbocycles. The number of ether oxygens (including phenoxy) is 1. The molecule has 2 aromatic heterocycles. The van der Waals surface area contributed by atoms with Gasteiger partial charge in [-0.2, -0.15) is 0 Å². The molecule has 108 valence electrons. The second kappa shape index (κ2) is 6.33. The molecule has 1 N–H and O–H groups in total. The van der Waals surface area contributed by atoms with E-state index < -0.39 is 0 Å². The minimum atomic E-state index is 0.532. The Bertz CT molecular complexity index is 560. The van der Waals surface area contributed by atoms with Crippen molar-refractivity contribution < 1.29 is 4.74 Å². The van der Waals surface area contributed by atoms with E-state index in [1.807, 2.05) is 18.3 Å². The van der Waals surface area contributed by atoms with Crippen molar-refractivity contribution in [2.45, 2.75) is 38.3 Å². The fourth-order valence-corrected chi connectivity index (χ4v) is 2.88. The molecule has 1 fully saturated rings. The van der Waals surface area contributed by atoms with Crippen LogP contribution >= 0.6 is 0 Å². The third kappa shape index (κ3) is 2.83. The number of pyridine rings is 1. The first kappa shape index (κ1) is 13.5. The van der Waals surface area contributed by atoms with Gasteiger partial charge in [-0.25, -0.2) is 9.97 Å². The van der Waals surface area contributed by atoms with Crippen LogP contribution < -0.4 is 5.32 Å². The van der Waals surface area contributed by atoms with E-state index in [2.05, 4.69) is 14.9 Å². The molecule has 0 radical (unpaired) electrons. The molecule has 3 heterocycles. The first-order valence-corrected chi connectivity index (χ1v) is 7.41. The van der Waals surface area contributed by atoms with Crippen LogP contribution in [-0.4, -0.2) is 40.8 Å². The van der Waals surface area contributed by atoms with Crippen LogP contribution in [0.25, 0.3) is 11.2 Å². The topological polar surface area (TPSA) is 52.0 Å². The van der Waals surface area contributed by atoms with Crippen molar-refractivity contribution in [3.05, 3.63) is 24.2 Å². The lowest BCUT2D eigenvalue weighted by Crippen LogP contribution is -2.37. The largest absolute Gasteiger partial charge is 0.384 e. The predicted octanol–water partition coefficient (Wildman–Crippen LogP) is 1.76. The lowest BCUT2D eigenvalue weighted by Gasteiger charge is -2.24. The Balaban J connectivity index is 1.88. The Morgan fingerprint density at radius 2 is 2.40 bits per heavy atom. The maximum absolute atomic E-state index is 5.20. The molecule has 2 aromatic rings. The molecule has 1 aliphatic rings. The summed E-state index contributed by atoms with van der Waals surface area (Å²) in [5.74, 6) is 1.08. The average molecular weight is 274 g/mol. The van der Waals surface area contributed by atoms with Gasteiger partial charge in [0, 0.05) is 32.3 Å². The Kier molecular flexibility index (Phi) is 4.28. The monoisotopic (exact) mass is 274 g/mol. The average Bonchev–Trinajstić information content (AvgIpc) is 2.84. The summed E-state index contributed by atoms with van der Waals surface area (Å²) in [5, 5.41) is 3.60. The molecule has 0 bridgehead atoms. The second-order valence-electron chi connectivity index (χ2n) is 5.37. The van der Waals surface area contributed by atoms with Gasteiger partial charge in [-0.15, -0.1) is 0 Å². The summed E-state index contributed by atoms with van der Waals surface area (Å²) in [5.41, 5.74) is 1.97. The third-order valence-corrected chi connectivity index (χ3v) is 3.93. The number of fused-ring (bicyclic) bond motifs is 1. The van der Waals surface area contributed by atoms with Gasteiger partial charge in [0.15, 0.2) is 5.65 Å². The summed E-state index contributed by atoms with van der Waals surface area (Å²) in [6.07, 6.45) is 6.51. The number of aromatic nitrogens is 3. The minimum absolute atomic E-state index is 0.532. The number of nitrogens with zero attached hydrogens (tertiary/aromatic N) is 3. The summed E-state index contributed by atoms with van der Waals surface area (Å²) in [4.78, 5) is 9.22. The minimum Gasteiger partial charge on any atom is -0.384 e. The van der Waals surface area contributed by atoms with Gasteiger partial charge >= 0.3 is 0 Å². The van der Waals surface area contributed by atoms with Gasteiger partial charge in [-0.3, -0.25) is 0 Å². The highest BCUT2D eigenvalue weighted by Crippen LogP contribution is 2.17. The molecule has 20 heavy (non-hydrogen) atoms. The molecule has 0 amide bonds. The summed E-state index contributed by atoms with van der Waals surface area (Å²) in [7, 11) is 1.73. The molecule has 3 rings (SSSR count). The van der Waals surface area contributed by atoms with Crippen LogP contribution in [0.1, 0.15) is 25.1 Å². The van der Waals surface area contributed by atoms with Crippen molar-refractivity contribution in [2.24, 2.45) is 0 Å². The van der Waals surface area contributed by atoms with Crippen LogP contribution in [0.5, 0.6) is 0 Å². The number of nitrogens with one attached hydrogen (secondary N) is 1. The molecular formula is C15H22N4O. The molecule has 0 aromatic carbocycles. The third-order valence-electron chi connectivity index (χ3n) is 3.93. The Labute approximate surface area is 119 Å². The number of hydrogen-bond acceptors (Lipinski definition) is 4. The van der Waals surface area contributed by atoms with Crippen molar-refractivity contribution in [3.63, 3.8) is 0 Å². The normalized spacial score (nSPS) is 19.6. The fraction of sp³-hybridized carbons (Fsp3) is 0.600. The van der Waals surface area contributed by atoms with E-state index in [-0.39, 0.29) is 0 Å². The molecule has 5 heteroatoms. The van der Waals surface area contributed by atoms with Crippen LogP contribution in [0.3, 0.4) is 0 Å². The van der Waals surface area contributed by atoms with E-state index in [1.54, 1.807) is 7.11 Å². The van der Waals surface area contributed by atoms with Crippen LogP contribution in [0.15, 0.2) is 18.3 Å². The van der Waals surface area contributed by atoms with E-state index >= 15 is 0 Å². The molecule has 0 aliphatic carbocycles. The quantitative estimate of drug-likeness (QED) is 0.902. The fourth-order valence-electron chi connectivity index (χ4n) is 2.88. The molecule has 1 atom stereocenters. The standard InChI is InChI=1S/C15H22N4O/c1-20-10-7-14-18-13-6-4-9-17-15(13)19(14)11-12-5-2-3-8-16-12/h4,6,9,12,16H,2-3,5,7-8,10-11H2,1H3. The highest BCUT2D eigenvalue weighted by Gasteiger charge is 2.17. The lowest BCUT2D eigenvalue weighted by molar-refractivity contribution is 0.199. The van der Waals surface area contributed by atoms with E-state index in [0.29, 0.717) is 12.6 Å². The van der Waals surface area contributed by atoms with Crippen LogP contribution in [0.4, 0.5) is 0 Å². The highest BCUT2D eigenvalue weighted by molar-refractivity contribution is 5.71. The first-order chi connectivity index (χ1) is 9.88. The maximum atomic E-state index is 5.20. The summed E-state index contributed by atoms with van der Waals surface area (Å²) in [6, 6.07) is 4.51. The smallest absolute Gasteiger partial charge is 0.160 e. The van der Waals surface area contributed by atoms with Crippen molar-refractivity contribution in [2.75, 3.05) is 20.3 Å². The van der Waals surface area contributed by atoms with Gasteiger partial charge < -0.3 is 14.6 Å². The van der Waals surface area contributed by atoms with E-state index in [1.165, 1.54) is 19.3 Å². The number of piperidine rings is 1. The van der Waals surface area contributed by atoms with Gasteiger partial charge in [0.1, 0.15) is 11.3 Å². The predicted molar refractivity (Wildman–Crippen MR) is 78.7 cm³/mol. The zero-order valence-electron chi connectivity index (χ0n) is 12.0. The molecule has 5 nitrogen and oxygen atoms in total. The Morgan fingerprint density at radius 3 is 3.20 bits per heavy atom. The summed E-state index contributed by atoms with van der Waals surface area (Å²) >= 11 is 0. The number of methoxy groups -OCH3 is 1. The van der Waals surface area contributed by atoms with Gasteiger partial charge in [0.25, 0.3) is 0 Å². The van der Waals surface area contributed by atoms with Crippen LogP contribution in [-0.2, 0) is 17.7 Å². The summed E-state index contributed by atoms with van der Waals surface area (Å²) in [6.45, 7) is 2.77.